The molecule has 2 aliphatic rings. The van der Waals surface area contributed by atoms with Gasteiger partial charge in [-0.15, -0.1) is 0 Å². The summed E-state index contributed by atoms with van der Waals surface area (Å²) in [6.07, 6.45) is 2.40. The molecule has 1 saturated heterocycles. The molecule has 2 N–H and O–H groups in total. The second-order valence-corrected chi connectivity index (χ2v) is 8.95. The number of likely N-dealkylation sites (tertiary alicyclic amines) is 1. The number of fused-ring (bicyclic) bond motifs is 1. The number of nitrogens with one attached hydrogen (secondary N) is 1. The molecule has 1 aliphatic heterocycles. The van der Waals surface area contributed by atoms with E-state index in [4.69, 9.17) is 0 Å². The zero-order valence-corrected chi connectivity index (χ0v) is 18.5. The predicted octanol–water partition coefficient (Wildman–Crippen LogP) is 4.68. The molecular weight excluding hydrogens is 412 g/mol. The number of benzene rings is 3. The first-order valence-electron chi connectivity index (χ1n) is 11.6. The highest BCUT2D eigenvalue weighted by Gasteiger charge is 2.41. The number of rotatable bonds is 5. The van der Waals surface area contributed by atoms with E-state index in [1.807, 2.05) is 77.7 Å². The molecule has 3 aromatic rings. The number of aromatic hydroxyl groups is 1. The molecule has 3 aromatic carbocycles. The summed E-state index contributed by atoms with van der Waals surface area (Å²) in [5.41, 5.74) is 3.94. The van der Waals surface area contributed by atoms with Crippen molar-refractivity contribution in [1.82, 2.24) is 10.2 Å². The number of carbonyl (C=O) groups excluding carboxylic acids is 2. The number of phenols is 1. The minimum atomic E-state index is -0.338. The molecule has 5 nitrogen and oxygen atoms in total. The van der Waals surface area contributed by atoms with Crippen LogP contribution in [0.5, 0.6) is 5.75 Å². The standard InChI is InChI=1S/C28H28N2O3/c31-25-13-7-12-21-22(25)14-16-24(21)29-28(33)23-15-17-26(32)30(18-19-8-3-1-4-9-19)27(23)20-10-5-2-6-11-20/h1-13,23-24,27,31H,14-18H2,(H,29,33). The van der Waals surface area contributed by atoms with Crippen LogP contribution >= 0.6 is 0 Å². The van der Waals surface area contributed by atoms with Crippen LogP contribution in [0.4, 0.5) is 0 Å². The second kappa shape index (κ2) is 9.10. The summed E-state index contributed by atoms with van der Waals surface area (Å²) in [6, 6.07) is 24.9. The summed E-state index contributed by atoms with van der Waals surface area (Å²) in [6.45, 7) is 0.475. The first kappa shape index (κ1) is 21.3. The van der Waals surface area contributed by atoms with E-state index in [9.17, 15) is 14.7 Å². The Kier molecular flexibility index (Phi) is 5.86. The third kappa shape index (κ3) is 4.23. The number of hydrogen-bond acceptors (Lipinski definition) is 3. The number of phenolic OH excluding ortho intramolecular Hbond substituents is 1. The van der Waals surface area contributed by atoms with Crippen LogP contribution in [0.25, 0.3) is 0 Å². The zero-order chi connectivity index (χ0) is 22.8. The Balaban J connectivity index is 1.44. The number of piperidine rings is 1. The van der Waals surface area contributed by atoms with E-state index in [1.54, 1.807) is 6.07 Å². The quantitative estimate of drug-likeness (QED) is 0.605. The van der Waals surface area contributed by atoms with Crippen molar-refractivity contribution in [3.8, 4) is 5.75 Å². The highest BCUT2D eigenvalue weighted by atomic mass is 16.3. The monoisotopic (exact) mass is 440 g/mol. The molecule has 5 rings (SSSR count). The molecule has 33 heavy (non-hydrogen) atoms. The molecule has 0 aromatic heterocycles. The summed E-state index contributed by atoms with van der Waals surface area (Å²) in [5.74, 6) is 0.00220. The van der Waals surface area contributed by atoms with Gasteiger partial charge in [-0.25, -0.2) is 0 Å². The lowest BCUT2D eigenvalue weighted by molar-refractivity contribution is -0.144. The lowest BCUT2D eigenvalue weighted by Gasteiger charge is -2.41. The van der Waals surface area contributed by atoms with E-state index >= 15 is 0 Å². The van der Waals surface area contributed by atoms with Gasteiger partial charge in [-0.05, 0) is 47.6 Å². The average Bonchev–Trinajstić information content (AvgIpc) is 3.25. The van der Waals surface area contributed by atoms with Gasteiger partial charge in [0.2, 0.25) is 11.8 Å². The minimum absolute atomic E-state index is 0.0318. The van der Waals surface area contributed by atoms with Crippen molar-refractivity contribution in [1.29, 1.82) is 0 Å². The van der Waals surface area contributed by atoms with E-state index in [-0.39, 0.29) is 29.8 Å². The Hall–Kier alpha value is -3.60. The fourth-order valence-corrected chi connectivity index (χ4v) is 5.32. The molecule has 3 unspecified atom stereocenters. The van der Waals surface area contributed by atoms with Crippen molar-refractivity contribution in [3.05, 3.63) is 101 Å². The first-order valence-corrected chi connectivity index (χ1v) is 11.6. The Labute approximate surface area is 194 Å². The van der Waals surface area contributed by atoms with Crippen LogP contribution in [-0.2, 0) is 22.6 Å². The van der Waals surface area contributed by atoms with Gasteiger partial charge in [0.25, 0.3) is 0 Å². The normalized spacial score (nSPS) is 22.1. The highest BCUT2D eigenvalue weighted by Crippen LogP contribution is 2.40. The van der Waals surface area contributed by atoms with Gasteiger partial charge in [0.05, 0.1) is 18.0 Å². The number of amides is 2. The van der Waals surface area contributed by atoms with Gasteiger partial charge in [-0.2, -0.15) is 0 Å². The largest absolute Gasteiger partial charge is 0.508 e. The van der Waals surface area contributed by atoms with E-state index in [0.29, 0.717) is 25.1 Å². The minimum Gasteiger partial charge on any atom is -0.508 e. The first-order chi connectivity index (χ1) is 16.1. The molecule has 168 valence electrons. The van der Waals surface area contributed by atoms with Gasteiger partial charge < -0.3 is 15.3 Å². The van der Waals surface area contributed by atoms with Crippen molar-refractivity contribution >= 4 is 11.8 Å². The molecule has 1 aliphatic carbocycles. The zero-order valence-electron chi connectivity index (χ0n) is 18.5. The van der Waals surface area contributed by atoms with Crippen molar-refractivity contribution in [2.75, 3.05) is 0 Å². The third-order valence-electron chi connectivity index (χ3n) is 6.94. The van der Waals surface area contributed by atoms with Crippen molar-refractivity contribution in [2.45, 2.75) is 44.3 Å². The average molecular weight is 441 g/mol. The lowest BCUT2D eigenvalue weighted by Crippen LogP contribution is -2.48. The number of carbonyl (C=O) groups is 2. The summed E-state index contributed by atoms with van der Waals surface area (Å²) < 4.78 is 0. The van der Waals surface area contributed by atoms with Crippen molar-refractivity contribution in [2.24, 2.45) is 5.92 Å². The van der Waals surface area contributed by atoms with Gasteiger partial charge >= 0.3 is 0 Å². The maximum Gasteiger partial charge on any atom is 0.226 e. The third-order valence-corrected chi connectivity index (χ3v) is 6.94. The SMILES string of the molecule is O=C(NC1CCc2c(O)cccc21)C1CCC(=O)N(Cc2ccccc2)C1c1ccccc1. The molecule has 1 heterocycles. The second-order valence-electron chi connectivity index (χ2n) is 8.95. The van der Waals surface area contributed by atoms with Gasteiger partial charge in [0.1, 0.15) is 5.75 Å². The van der Waals surface area contributed by atoms with Crippen LogP contribution in [0.1, 0.15) is 53.6 Å². The Morgan fingerprint density at radius 2 is 1.64 bits per heavy atom. The van der Waals surface area contributed by atoms with Crippen molar-refractivity contribution in [3.63, 3.8) is 0 Å². The fraction of sp³-hybridized carbons (Fsp3) is 0.286. The predicted molar refractivity (Wildman–Crippen MR) is 126 cm³/mol. The van der Waals surface area contributed by atoms with E-state index in [1.165, 1.54) is 0 Å². The van der Waals surface area contributed by atoms with Crippen LogP contribution in [0.2, 0.25) is 0 Å². The summed E-state index contributed by atoms with van der Waals surface area (Å²) in [5, 5.41) is 13.4. The van der Waals surface area contributed by atoms with E-state index in [0.717, 1.165) is 35.1 Å². The summed E-state index contributed by atoms with van der Waals surface area (Å²) in [7, 11) is 0. The molecule has 3 atom stereocenters. The Morgan fingerprint density at radius 1 is 0.909 bits per heavy atom. The van der Waals surface area contributed by atoms with Gasteiger partial charge in [0, 0.05) is 13.0 Å². The van der Waals surface area contributed by atoms with Crippen LogP contribution in [0.15, 0.2) is 78.9 Å². The van der Waals surface area contributed by atoms with Crippen LogP contribution in [0, 0.1) is 5.92 Å². The highest BCUT2D eigenvalue weighted by molar-refractivity contribution is 5.85. The maximum absolute atomic E-state index is 13.6. The Bertz CT molecular complexity index is 1150. The molecular formula is C28H28N2O3. The lowest BCUT2D eigenvalue weighted by atomic mass is 9.83. The van der Waals surface area contributed by atoms with Gasteiger partial charge in [-0.3, -0.25) is 9.59 Å². The number of nitrogens with zero attached hydrogens (tertiary/aromatic N) is 1. The number of hydrogen-bond donors (Lipinski definition) is 2. The van der Waals surface area contributed by atoms with E-state index < -0.39 is 0 Å². The molecule has 5 heteroatoms. The molecule has 2 amide bonds. The topological polar surface area (TPSA) is 69.6 Å². The molecule has 1 fully saturated rings. The van der Waals surface area contributed by atoms with Crippen molar-refractivity contribution < 1.29 is 14.7 Å². The van der Waals surface area contributed by atoms with Crippen LogP contribution in [0.3, 0.4) is 0 Å². The van der Waals surface area contributed by atoms with Crippen LogP contribution < -0.4 is 5.32 Å². The van der Waals surface area contributed by atoms with Gasteiger partial charge in [0.15, 0.2) is 0 Å². The molecule has 0 bridgehead atoms. The van der Waals surface area contributed by atoms with Gasteiger partial charge in [-0.1, -0.05) is 72.8 Å². The van der Waals surface area contributed by atoms with E-state index in [2.05, 4.69) is 5.32 Å². The van der Waals surface area contributed by atoms with Crippen LogP contribution in [-0.4, -0.2) is 21.8 Å². The maximum atomic E-state index is 13.6. The summed E-state index contributed by atoms with van der Waals surface area (Å²) >= 11 is 0. The Morgan fingerprint density at radius 3 is 2.39 bits per heavy atom. The fourth-order valence-electron chi connectivity index (χ4n) is 5.32. The summed E-state index contributed by atoms with van der Waals surface area (Å²) in [4.78, 5) is 28.6. The smallest absolute Gasteiger partial charge is 0.226 e. The molecule has 0 spiro atoms. The molecule has 0 saturated carbocycles. The molecule has 0 radical (unpaired) electrons.